The highest BCUT2D eigenvalue weighted by molar-refractivity contribution is 6.35. The molecule has 1 aliphatic heterocycles. The molecule has 2 unspecified atom stereocenters. The van der Waals surface area contributed by atoms with Crippen LogP contribution in [0.1, 0.15) is 36.5 Å². The number of nitrogens with zero attached hydrogens (tertiary/aromatic N) is 1. The number of likely N-dealkylation sites (tertiary alicyclic amines) is 1. The van der Waals surface area contributed by atoms with E-state index in [4.69, 9.17) is 28.3 Å². The quantitative estimate of drug-likeness (QED) is 0.831. The van der Waals surface area contributed by atoms with Crippen LogP contribution in [0.5, 0.6) is 0 Å². The summed E-state index contributed by atoms with van der Waals surface area (Å²) in [5, 5.41) is 12.2. The van der Waals surface area contributed by atoms with Crippen molar-refractivity contribution in [3.63, 3.8) is 0 Å². The van der Waals surface area contributed by atoms with E-state index >= 15 is 0 Å². The first-order chi connectivity index (χ1) is 11.3. The Morgan fingerprint density at radius 3 is 2.46 bits per heavy atom. The number of nitrogens with one attached hydrogen (secondary N) is 1. The van der Waals surface area contributed by atoms with Gasteiger partial charge in [-0.05, 0) is 37.5 Å². The molecular weight excluding hydrogens is 355 g/mol. The summed E-state index contributed by atoms with van der Waals surface area (Å²) in [5.74, 6) is -1.90. The smallest absolute Gasteiger partial charge is 0.326 e. The average molecular weight is 373 g/mol. The molecule has 2 N–H and O–H groups in total. The average Bonchev–Trinajstić information content (AvgIpc) is 2.99. The summed E-state index contributed by atoms with van der Waals surface area (Å²) in [5.41, 5.74) is 0.303. The van der Waals surface area contributed by atoms with E-state index < -0.39 is 24.0 Å². The monoisotopic (exact) mass is 372 g/mol. The highest BCUT2D eigenvalue weighted by Gasteiger charge is 2.36. The Hall–Kier alpha value is -1.79. The lowest BCUT2D eigenvalue weighted by Crippen LogP contribution is -2.50. The fourth-order valence-corrected chi connectivity index (χ4v) is 3.26. The number of carboxylic acids is 1. The molecule has 24 heavy (non-hydrogen) atoms. The van der Waals surface area contributed by atoms with Gasteiger partial charge in [-0.25, -0.2) is 4.79 Å². The van der Waals surface area contributed by atoms with Crippen molar-refractivity contribution in [3.05, 3.63) is 33.8 Å². The van der Waals surface area contributed by atoms with Gasteiger partial charge >= 0.3 is 5.97 Å². The van der Waals surface area contributed by atoms with Crippen molar-refractivity contribution in [3.8, 4) is 0 Å². The highest BCUT2D eigenvalue weighted by Crippen LogP contribution is 2.24. The Bertz CT molecular complexity index is 645. The number of hydrogen-bond donors (Lipinski definition) is 2. The number of carbonyl (C=O) groups excluding carboxylic acids is 2. The predicted molar refractivity (Wildman–Crippen MR) is 90.4 cm³/mol. The van der Waals surface area contributed by atoms with E-state index in [-0.39, 0.29) is 12.3 Å². The molecule has 1 fully saturated rings. The molecule has 0 aliphatic carbocycles. The molecule has 1 aliphatic rings. The number of halogens is 2. The summed E-state index contributed by atoms with van der Waals surface area (Å²) < 4.78 is 0. The molecule has 0 saturated carbocycles. The lowest BCUT2D eigenvalue weighted by molar-refractivity contribution is -0.142. The minimum atomic E-state index is -1.09. The normalized spacial score (nSPS) is 18.3. The van der Waals surface area contributed by atoms with E-state index in [1.807, 2.05) is 0 Å². The van der Waals surface area contributed by atoms with Crippen LogP contribution in [0.2, 0.25) is 10.0 Å². The number of rotatable bonds is 5. The topological polar surface area (TPSA) is 86.7 Å². The Morgan fingerprint density at radius 1 is 1.29 bits per heavy atom. The van der Waals surface area contributed by atoms with Gasteiger partial charge in [0.15, 0.2) is 0 Å². The lowest BCUT2D eigenvalue weighted by Gasteiger charge is -2.25. The third kappa shape index (κ3) is 4.19. The first-order valence-corrected chi connectivity index (χ1v) is 8.39. The van der Waals surface area contributed by atoms with Gasteiger partial charge in [-0.1, -0.05) is 30.1 Å². The second-order valence-corrected chi connectivity index (χ2v) is 6.50. The molecule has 2 amide bonds. The maximum Gasteiger partial charge on any atom is 0.326 e. The summed E-state index contributed by atoms with van der Waals surface area (Å²) in [6.07, 6.45) is 1.43. The molecular formula is C16H18Cl2N2O4. The summed E-state index contributed by atoms with van der Waals surface area (Å²) >= 11 is 11.8. The van der Waals surface area contributed by atoms with Crippen LogP contribution in [0, 0.1) is 0 Å². The number of aliphatic carboxylic acids is 1. The SMILES string of the molecule is CCC(NC(=O)C1CCCN1C(=O)c1cc(Cl)cc(Cl)c1)C(=O)O. The van der Waals surface area contributed by atoms with Crippen LogP contribution in [0.3, 0.4) is 0 Å². The minimum Gasteiger partial charge on any atom is -0.480 e. The lowest BCUT2D eigenvalue weighted by atomic mass is 10.1. The van der Waals surface area contributed by atoms with Gasteiger partial charge in [-0.3, -0.25) is 9.59 Å². The standard InChI is InChI=1S/C16H18Cl2N2O4/c1-2-12(16(23)24)19-14(21)13-4-3-5-20(13)15(22)9-6-10(17)8-11(18)7-9/h6-8,12-13H,2-5H2,1H3,(H,19,21)(H,23,24). The van der Waals surface area contributed by atoms with Crippen molar-refractivity contribution < 1.29 is 19.5 Å². The maximum absolute atomic E-state index is 12.7. The summed E-state index contributed by atoms with van der Waals surface area (Å²) in [4.78, 5) is 37.6. The zero-order valence-corrected chi connectivity index (χ0v) is 14.6. The first-order valence-electron chi connectivity index (χ1n) is 7.63. The zero-order valence-electron chi connectivity index (χ0n) is 13.1. The van der Waals surface area contributed by atoms with Crippen LogP contribution in [0.4, 0.5) is 0 Å². The second kappa shape index (κ2) is 7.85. The van der Waals surface area contributed by atoms with Gasteiger partial charge in [-0.15, -0.1) is 0 Å². The highest BCUT2D eigenvalue weighted by atomic mass is 35.5. The third-order valence-corrected chi connectivity index (χ3v) is 4.39. The van der Waals surface area contributed by atoms with Crippen LogP contribution in [-0.2, 0) is 9.59 Å². The number of hydrogen-bond acceptors (Lipinski definition) is 3. The number of amides is 2. The van der Waals surface area contributed by atoms with E-state index in [1.54, 1.807) is 6.92 Å². The van der Waals surface area contributed by atoms with E-state index in [9.17, 15) is 14.4 Å². The molecule has 0 spiro atoms. The molecule has 0 aromatic heterocycles. The van der Waals surface area contributed by atoms with E-state index in [2.05, 4.69) is 5.32 Å². The molecule has 1 saturated heterocycles. The minimum absolute atomic E-state index is 0.269. The van der Waals surface area contributed by atoms with Crippen molar-refractivity contribution >= 4 is 41.0 Å². The Labute approximate surface area is 149 Å². The fourth-order valence-electron chi connectivity index (χ4n) is 2.73. The zero-order chi connectivity index (χ0) is 17.9. The Kier molecular flexibility index (Phi) is 6.07. The largest absolute Gasteiger partial charge is 0.480 e. The summed E-state index contributed by atoms with van der Waals surface area (Å²) in [7, 11) is 0. The van der Waals surface area contributed by atoms with Gasteiger partial charge in [0.25, 0.3) is 5.91 Å². The molecule has 1 aromatic carbocycles. The molecule has 0 radical (unpaired) electrons. The van der Waals surface area contributed by atoms with Gasteiger partial charge in [0, 0.05) is 22.2 Å². The van der Waals surface area contributed by atoms with Gasteiger partial charge < -0.3 is 15.3 Å². The van der Waals surface area contributed by atoms with Gasteiger partial charge in [0.1, 0.15) is 12.1 Å². The molecule has 1 aromatic rings. The van der Waals surface area contributed by atoms with Crippen molar-refractivity contribution in [1.82, 2.24) is 10.2 Å². The van der Waals surface area contributed by atoms with Crippen LogP contribution < -0.4 is 5.32 Å². The first kappa shape index (κ1) is 18.5. The van der Waals surface area contributed by atoms with E-state index in [1.165, 1.54) is 23.1 Å². The van der Waals surface area contributed by atoms with Crippen LogP contribution in [0.15, 0.2) is 18.2 Å². The summed E-state index contributed by atoms with van der Waals surface area (Å²) in [6.45, 7) is 2.09. The van der Waals surface area contributed by atoms with Crippen molar-refractivity contribution in [2.75, 3.05) is 6.54 Å². The van der Waals surface area contributed by atoms with Crippen LogP contribution >= 0.6 is 23.2 Å². The van der Waals surface area contributed by atoms with Crippen molar-refractivity contribution in [2.24, 2.45) is 0 Å². The second-order valence-electron chi connectivity index (χ2n) is 5.62. The Balaban J connectivity index is 2.16. The molecule has 6 nitrogen and oxygen atoms in total. The van der Waals surface area contributed by atoms with Crippen molar-refractivity contribution in [2.45, 2.75) is 38.3 Å². The molecule has 0 bridgehead atoms. The molecule has 8 heteroatoms. The van der Waals surface area contributed by atoms with Crippen LogP contribution in [0.25, 0.3) is 0 Å². The number of benzene rings is 1. The molecule has 1 heterocycles. The predicted octanol–water partition coefficient (Wildman–Crippen LogP) is 2.58. The van der Waals surface area contributed by atoms with Gasteiger partial charge in [0.05, 0.1) is 0 Å². The molecule has 2 rings (SSSR count). The van der Waals surface area contributed by atoms with E-state index in [0.717, 1.165) is 0 Å². The van der Waals surface area contributed by atoms with Crippen LogP contribution in [-0.4, -0.2) is 46.4 Å². The fraction of sp³-hybridized carbons (Fsp3) is 0.438. The van der Waals surface area contributed by atoms with Gasteiger partial charge in [-0.2, -0.15) is 0 Å². The Morgan fingerprint density at radius 2 is 1.92 bits per heavy atom. The molecule has 130 valence electrons. The molecule has 2 atom stereocenters. The number of carboxylic acid groups (broad SMARTS) is 1. The summed E-state index contributed by atoms with van der Waals surface area (Å²) in [6, 6.07) is 2.86. The maximum atomic E-state index is 12.7. The van der Waals surface area contributed by atoms with E-state index in [0.29, 0.717) is 35.0 Å². The number of carbonyl (C=O) groups is 3. The van der Waals surface area contributed by atoms with Crippen molar-refractivity contribution in [1.29, 1.82) is 0 Å². The van der Waals surface area contributed by atoms with Gasteiger partial charge in [0.2, 0.25) is 5.91 Å². The third-order valence-electron chi connectivity index (χ3n) is 3.95.